The number of benzene rings is 2. The second-order valence-corrected chi connectivity index (χ2v) is 7.65. The van der Waals surface area contributed by atoms with E-state index in [1.165, 1.54) is 11.1 Å². The molecule has 0 spiro atoms. The molecule has 0 N–H and O–H groups in total. The average molecular weight is 386 g/mol. The maximum absolute atomic E-state index is 5.68. The zero-order valence-electron chi connectivity index (χ0n) is 16.9. The van der Waals surface area contributed by atoms with Crippen molar-refractivity contribution < 1.29 is 9.68 Å². The third kappa shape index (κ3) is 5.02. The van der Waals surface area contributed by atoms with Crippen molar-refractivity contribution in [2.24, 2.45) is 10.3 Å². The van der Waals surface area contributed by atoms with Gasteiger partial charge in [0.05, 0.1) is 11.4 Å². The molecule has 4 rings (SSSR count). The molecular weight excluding hydrogens is 360 g/mol. The zero-order chi connectivity index (χ0) is 20.1. The van der Waals surface area contributed by atoms with Crippen molar-refractivity contribution in [1.29, 1.82) is 0 Å². The van der Waals surface area contributed by atoms with Gasteiger partial charge in [0, 0.05) is 19.3 Å². The fourth-order valence-electron chi connectivity index (χ4n) is 3.63. The summed E-state index contributed by atoms with van der Waals surface area (Å²) in [6, 6.07) is 20.6. The fourth-order valence-corrected chi connectivity index (χ4v) is 3.63. The molecule has 2 aliphatic heterocycles. The maximum Gasteiger partial charge on any atom is 0.136 e. The van der Waals surface area contributed by atoms with Crippen LogP contribution in [0.25, 0.3) is 12.2 Å². The van der Waals surface area contributed by atoms with E-state index in [0.29, 0.717) is 0 Å². The summed E-state index contributed by atoms with van der Waals surface area (Å²) in [5.41, 5.74) is 6.66. The molecule has 0 aliphatic carbocycles. The van der Waals surface area contributed by atoms with E-state index in [0.717, 1.165) is 41.8 Å². The Morgan fingerprint density at radius 2 is 1.17 bits per heavy atom. The summed E-state index contributed by atoms with van der Waals surface area (Å²) in [7, 11) is 0. The SMILES string of the molecule is C/C(=C\c1ccccc1)C1=NOC(CC2CC(/C(C)=C/c3ccccc3)=NO2)C1. The zero-order valence-corrected chi connectivity index (χ0v) is 16.9. The molecule has 2 heterocycles. The monoisotopic (exact) mass is 386 g/mol. The molecule has 0 saturated carbocycles. The third-order valence-electron chi connectivity index (χ3n) is 5.27. The highest BCUT2D eigenvalue weighted by Gasteiger charge is 2.30. The van der Waals surface area contributed by atoms with Gasteiger partial charge in [-0.15, -0.1) is 0 Å². The minimum Gasteiger partial charge on any atom is -0.392 e. The minimum absolute atomic E-state index is 0.0436. The highest BCUT2D eigenvalue weighted by molar-refractivity contribution is 6.04. The van der Waals surface area contributed by atoms with Crippen LogP contribution >= 0.6 is 0 Å². The van der Waals surface area contributed by atoms with Crippen molar-refractivity contribution in [2.45, 2.75) is 45.3 Å². The van der Waals surface area contributed by atoms with Gasteiger partial charge in [-0.3, -0.25) is 0 Å². The van der Waals surface area contributed by atoms with Crippen molar-refractivity contribution in [3.05, 3.63) is 82.9 Å². The summed E-state index contributed by atoms with van der Waals surface area (Å²) in [5, 5.41) is 8.62. The topological polar surface area (TPSA) is 43.2 Å². The standard InChI is InChI=1S/C25H26N2O2/c1-18(13-20-9-5-3-6-10-20)24-16-22(28-26-24)15-23-17-25(27-29-23)19(2)14-21-11-7-4-8-12-21/h3-14,22-23H,15-17H2,1-2H3/b18-13+,19-14+. The Hall–Kier alpha value is -3.14. The number of oxime groups is 2. The van der Waals surface area contributed by atoms with Crippen molar-refractivity contribution in [2.75, 3.05) is 0 Å². The number of hydrogen-bond donors (Lipinski definition) is 0. The van der Waals surface area contributed by atoms with Crippen LogP contribution in [0.4, 0.5) is 0 Å². The molecule has 0 radical (unpaired) electrons. The molecule has 0 saturated heterocycles. The molecule has 2 unspecified atom stereocenters. The largest absolute Gasteiger partial charge is 0.392 e. The molecule has 0 amide bonds. The summed E-state index contributed by atoms with van der Waals surface area (Å²) in [6.45, 7) is 4.17. The van der Waals surface area contributed by atoms with E-state index in [4.69, 9.17) is 9.68 Å². The van der Waals surface area contributed by atoms with Gasteiger partial charge in [0.2, 0.25) is 0 Å². The van der Waals surface area contributed by atoms with Gasteiger partial charge >= 0.3 is 0 Å². The molecule has 4 heteroatoms. The van der Waals surface area contributed by atoms with Gasteiger partial charge in [-0.25, -0.2) is 0 Å². The lowest BCUT2D eigenvalue weighted by molar-refractivity contribution is 0.0123. The number of hydrogen-bond acceptors (Lipinski definition) is 4. The normalized spacial score (nSPS) is 22.0. The van der Waals surface area contributed by atoms with Gasteiger partial charge < -0.3 is 9.68 Å². The molecule has 2 aromatic rings. The quantitative estimate of drug-likeness (QED) is 0.623. The molecule has 4 nitrogen and oxygen atoms in total. The van der Waals surface area contributed by atoms with Crippen LogP contribution in [-0.4, -0.2) is 23.6 Å². The van der Waals surface area contributed by atoms with Crippen LogP contribution in [0.3, 0.4) is 0 Å². The second-order valence-electron chi connectivity index (χ2n) is 7.65. The molecule has 2 aliphatic rings. The third-order valence-corrected chi connectivity index (χ3v) is 5.27. The fraction of sp³-hybridized carbons (Fsp3) is 0.280. The first-order valence-electron chi connectivity index (χ1n) is 10.1. The van der Waals surface area contributed by atoms with Crippen LogP contribution in [-0.2, 0) is 9.68 Å². The van der Waals surface area contributed by atoms with Crippen LogP contribution < -0.4 is 0 Å². The molecule has 0 fully saturated rings. The molecule has 148 valence electrons. The lowest BCUT2D eigenvalue weighted by Gasteiger charge is -2.12. The molecule has 0 bridgehead atoms. The lowest BCUT2D eigenvalue weighted by Crippen LogP contribution is -2.19. The Balaban J connectivity index is 1.29. The summed E-state index contributed by atoms with van der Waals surface area (Å²) < 4.78 is 0. The van der Waals surface area contributed by atoms with E-state index in [1.807, 2.05) is 36.4 Å². The van der Waals surface area contributed by atoms with Gasteiger partial charge in [-0.2, -0.15) is 0 Å². The van der Waals surface area contributed by atoms with Crippen LogP contribution in [0, 0.1) is 0 Å². The van der Waals surface area contributed by atoms with Gasteiger partial charge in [0.25, 0.3) is 0 Å². The van der Waals surface area contributed by atoms with Crippen molar-refractivity contribution >= 4 is 23.6 Å². The Bertz CT molecular complexity index is 879. The Labute approximate surface area is 172 Å². The van der Waals surface area contributed by atoms with Crippen molar-refractivity contribution in [3.8, 4) is 0 Å². The first-order chi connectivity index (χ1) is 14.2. The molecular formula is C25H26N2O2. The average Bonchev–Trinajstić information content (AvgIpc) is 3.40. The highest BCUT2D eigenvalue weighted by atomic mass is 16.7. The van der Waals surface area contributed by atoms with Crippen LogP contribution in [0.15, 0.2) is 82.1 Å². The van der Waals surface area contributed by atoms with Gasteiger partial charge in [-0.05, 0) is 36.1 Å². The summed E-state index contributed by atoms with van der Waals surface area (Å²) in [4.78, 5) is 11.4. The Kier molecular flexibility index (Phi) is 5.89. The van der Waals surface area contributed by atoms with Crippen molar-refractivity contribution in [1.82, 2.24) is 0 Å². The van der Waals surface area contributed by atoms with Crippen molar-refractivity contribution in [3.63, 3.8) is 0 Å². The highest BCUT2D eigenvalue weighted by Crippen LogP contribution is 2.26. The predicted molar refractivity (Wildman–Crippen MR) is 119 cm³/mol. The first kappa shape index (κ1) is 19.2. The van der Waals surface area contributed by atoms with Crippen LogP contribution in [0.1, 0.15) is 44.2 Å². The number of rotatable bonds is 6. The van der Waals surface area contributed by atoms with Crippen LogP contribution in [0.5, 0.6) is 0 Å². The Morgan fingerprint density at radius 1 is 0.759 bits per heavy atom. The van der Waals surface area contributed by atoms with E-state index < -0.39 is 0 Å². The van der Waals surface area contributed by atoms with E-state index in [9.17, 15) is 0 Å². The Morgan fingerprint density at radius 3 is 1.59 bits per heavy atom. The molecule has 0 aromatic heterocycles. The first-order valence-corrected chi connectivity index (χ1v) is 10.1. The molecule has 2 atom stereocenters. The second kappa shape index (κ2) is 8.91. The van der Waals surface area contributed by atoms with Gasteiger partial charge in [0.15, 0.2) is 0 Å². The number of nitrogens with zero attached hydrogens (tertiary/aromatic N) is 2. The summed E-state index contributed by atoms with van der Waals surface area (Å²) in [5.74, 6) is 0. The summed E-state index contributed by atoms with van der Waals surface area (Å²) >= 11 is 0. The molecule has 2 aromatic carbocycles. The smallest absolute Gasteiger partial charge is 0.136 e. The molecule has 29 heavy (non-hydrogen) atoms. The van der Waals surface area contributed by atoms with E-state index in [-0.39, 0.29) is 12.2 Å². The number of allylic oxidation sites excluding steroid dienone is 2. The lowest BCUT2D eigenvalue weighted by atomic mass is 9.97. The minimum atomic E-state index is 0.0436. The van der Waals surface area contributed by atoms with E-state index in [1.54, 1.807) is 0 Å². The van der Waals surface area contributed by atoms with E-state index in [2.05, 4.69) is 60.6 Å². The van der Waals surface area contributed by atoms with Gasteiger partial charge in [0.1, 0.15) is 12.2 Å². The summed E-state index contributed by atoms with van der Waals surface area (Å²) in [6.07, 6.45) is 6.79. The maximum atomic E-state index is 5.68. The van der Waals surface area contributed by atoms with E-state index >= 15 is 0 Å². The van der Waals surface area contributed by atoms with Crippen LogP contribution in [0.2, 0.25) is 0 Å². The predicted octanol–water partition coefficient (Wildman–Crippen LogP) is 5.87. The van der Waals surface area contributed by atoms with Gasteiger partial charge in [-0.1, -0.05) is 83.1 Å².